The minimum Gasteiger partial charge on any atom is -0.380 e. The lowest BCUT2D eigenvalue weighted by atomic mass is 10.1. The first kappa shape index (κ1) is 10.0. The number of nitrogens with one attached hydrogen (secondary N) is 1. The fraction of sp³-hybridized carbons (Fsp3) is 0.455. The van der Waals surface area contributed by atoms with Gasteiger partial charge in [-0.15, -0.1) is 0 Å². The van der Waals surface area contributed by atoms with Gasteiger partial charge in [0.1, 0.15) is 5.82 Å². The molecule has 0 radical (unpaired) electrons. The van der Waals surface area contributed by atoms with Gasteiger partial charge in [0.2, 0.25) is 0 Å². The average molecular weight is 181 g/mol. The molecule has 0 spiro atoms. The highest BCUT2D eigenvalue weighted by Crippen LogP contribution is 2.17. The highest BCUT2D eigenvalue weighted by Gasteiger charge is 2.09. The second-order valence-electron chi connectivity index (χ2n) is 4.34. The molecule has 1 aromatic rings. The Morgan fingerprint density at radius 1 is 1.23 bits per heavy atom. The Labute approximate surface area is 79.0 Å². The zero-order chi connectivity index (χ0) is 10.1. The van der Waals surface area contributed by atoms with E-state index in [1.165, 1.54) is 6.07 Å². The predicted molar refractivity (Wildman–Crippen MR) is 54.5 cm³/mol. The first-order valence-corrected chi connectivity index (χ1v) is 4.43. The highest BCUT2D eigenvalue weighted by molar-refractivity contribution is 5.47. The lowest BCUT2D eigenvalue weighted by molar-refractivity contribution is 0.615. The molecule has 0 aliphatic heterocycles. The first-order valence-electron chi connectivity index (χ1n) is 4.43. The van der Waals surface area contributed by atoms with Gasteiger partial charge in [0, 0.05) is 11.2 Å². The quantitative estimate of drug-likeness (QED) is 0.700. The van der Waals surface area contributed by atoms with Crippen molar-refractivity contribution >= 4 is 5.69 Å². The number of anilines is 1. The van der Waals surface area contributed by atoms with Crippen LogP contribution in [0.5, 0.6) is 0 Å². The standard InChI is InChI=1S/C11H16FN/c1-8-7-9(5-6-10(8)12)13-11(2,3)4/h5-7,13H,1-4H3. The van der Waals surface area contributed by atoms with E-state index in [0.717, 1.165) is 5.69 Å². The average Bonchev–Trinajstić information content (AvgIpc) is 1.94. The number of hydrogen-bond donors (Lipinski definition) is 1. The number of halogens is 1. The normalized spacial score (nSPS) is 11.5. The molecule has 1 aromatic carbocycles. The van der Waals surface area contributed by atoms with E-state index in [1.54, 1.807) is 13.0 Å². The van der Waals surface area contributed by atoms with E-state index in [2.05, 4.69) is 26.1 Å². The molecular weight excluding hydrogens is 165 g/mol. The number of aryl methyl sites for hydroxylation is 1. The van der Waals surface area contributed by atoms with Crippen LogP contribution in [0.2, 0.25) is 0 Å². The van der Waals surface area contributed by atoms with E-state index in [4.69, 9.17) is 0 Å². The molecule has 0 amide bonds. The lowest BCUT2D eigenvalue weighted by Crippen LogP contribution is -2.26. The van der Waals surface area contributed by atoms with Crippen LogP contribution in [0.4, 0.5) is 10.1 Å². The molecule has 1 rings (SSSR count). The van der Waals surface area contributed by atoms with E-state index in [9.17, 15) is 4.39 Å². The third-order valence-corrected chi connectivity index (χ3v) is 1.68. The molecule has 0 saturated carbocycles. The van der Waals surface area contributed by atoms with E-state index >= 15 is 0 Å². The van der Waals surface area contributed by atoms with Crippen LogP contribution in [0.15, 0.2) is 18.2 Å². The summed E-state index contributed by atoms with van der Waals surface area (Å²) in [5, 5.41) is 3.28. The van der Waals surface area contributed by atoms with Gasteiger partial charge in [0.15, 0.2) is 0 Å². The Kier molecular flexibility index (Phi) is 2.60. The maximum atomic E-state index is 12.9. The van der Waals surface area contributed by atoms with Crippen LogP contribution >= 0.6 is 0 Å². The molecule has 0 atom stereocenters. The molecule has 0 heterocycles. The van der Waals surface area contributed by atoms with E-state index in [0.29, 0.717) is 5.56 Å². The summed E-state index contributed by atoms with van der Waals surface area (Å²) in [4.78, 5) is 0. The molecule has 1 nitrogen and oxygen atoms in total. The van der Waals surface area contributed by atoms with Crippen molar-refractivity contribution in [2.75, 3.05) is 5.32 Å². The van der Waals surface area contributed by atoms with Crippen LogP contribution in [-0.2, 0) is 0 Å². The Balaban J connectivity index is 2.86. The fourth-order valence-electron chi connectivity index (χ4n) is 1.16. The molecule has 0 aliphatic rings. The summed E-state index contributed by atoms with van der Waals surface area (Å²) in [6, 6.07) is 5.07. The number of benzene rings is 1. The van der Waals surface area contributed by atoms with Crippen molar-refractivity contribution in [3.63, 3.8) is 0 Å². The van der Waals surface area contributed by atoms with Gasteiger partial charge in [0.25, 0.3) is 0 Å². The Hall–Kier alpha value is -1.05. The second kappa shape index (κ2) is 3.36. The molecule has 72 valence electrons. The van der Waals surface area contributed by atoms with Crippen molar-refractivity contribution in [2.24, 2.45) is 0 Å². The van der Waals surface area contributed by atoms with Crippen LogP contribution in [0.3, 0.4) is 0 Å². The predicted octanol–water partition coefficient (Wildman–Crippen LogP) is 3.34. The van der Waals surface area contributed by atoms with E-state index in [-0.39, 0.29) is 11.4 Å². The SMILES string of the molecule is Cc1cc(NC(C)(C)C)ccc1F. The van der Waals surface area contributed by atoms with Gasteiger partial charge >= 0.3 is 0 Å². The largest absolute Gasteiger partial charge is 0.380 e. The number of rotatable bonds is 1. The minimum absolute atomic E-state index is 0.0181. The molecule has 0 aliphatic carbocycles. The molecule has 13 heavy (non-hydrogen) atoms. The molecule has 0 fully saturated rings. The number of hydrogen-bond acceptors (Lipinski definition) is 1. The van der Waals surface area contributed by atoms with Crippen molar-refractivity contribution in [2.45, 2.75) is 33.2 Å². The van der Waals surface area contributed by atoms with Gasteiger partial charge in [0.05, 0.1) is 0 Å². The summed E-state index contributed by atoms with van der Waals surface area (Å²) >= 11 is 0. The van der Waals surface area contributed by atoms with Crippen LogP contribution < -0.4 is 5.32 Å². The fourth-order valence-corrected chi connectivity index (χ4v) is 1.16. The summed E-state index contributed by atoms with van der Waals surface area (Å²) in [5.74, 6) is -0.153. The molecule has 0 saturated heterocycles. The van der Waals surface area contributed by atoms with Crippen molar-refractivity contribution in [3.8, 4) is 0 Å². The van der Waals surface area contributed by atoms with Gasteiger partial charge in [-0.1, -0.05) is 0 Å². The van der Waals surface area contributed by atoms with E-state index in [1.807, 2.05) is 6.07 Å². The molecule has 0 unspecified atom stereocenters. The maximum absolute atomic E-state index is 12.9. The van der Waals surface area contributed by atoms with Gasteiger partial charge in [-0.2, -0.15) is 0 Å². The van der Waals surface area contributed by atoms with Crippen molar-refractivity contribution in [3.05, 3.63) is 29.6 Å². The molecule has 1 N–H and O–H groups in total. The van der Waals surface area contributed by atoms with E-state index < -0.39 is 0 Å². The van der Waals surface area contributed by atoms with Crippen molar-refractivity contribution in [1.82, 2.24) is 0 Å². The molecule has 0 bridgehead atoms. The smallest absolute Gasteiger partial charge is 0.126 e. The van der Waals surface area contributed by atoms with Crippen molar-refractivity contribution in [1.29, 1.82) is 0 Å². The zero-order valence-electron chi connectivity index (χ0n) is 8.61. The summed E-state index contributed by atoms with van der Waals surface area (Å²) in [5.41, 5.74) is 1.66. The summed E-state index contributed by atoms with van der Waals surface area (Å²) in [7, 11) is 0. The Morgan fingerprint density at radius 2 is 1.85 bits per heavy atom. The molecule has 0 aromatic heterocycles. The minimum atomic E-state index is -0.153. The maximum Gasteiger partial charge on any atom is 0.126 e. The van der Waals surface area contributed by atoms with Gasteiger partial charge in [-0.3, -0.25) is 0 Å². The van der Waals surface area contributed by atoms with Crippen molar-refractivity contribution < 1.29 is 4.39 Å². The molecule has 2 heteroatoms. The third kappa shape index (κ3) is 3.05. The second-order valence-corrected chi connectivity index (χ2v) is 4.34. The van der Waals surface area contributed by atoms with Gasteiger partial charge in [-0.25, -0.2) is 4.39 Å². The van der Waals surface area contributed by atoms with Crippen LogP contribution in [0, 0.1) is 12.7 Å². The summed E-state index contributed by atoms with van der Waals surface area (Å²) < 4.78 is 12.9. The molecular formula is C11H16FN. The first-order chi connectivity index (χ1) is 5.88. The Bertz CT molecular complexity index is 299. The Morgan fingerprint density at radius 3 is 2.31 bits per heavy atom. The van der Waals surface area contributed by atoms with Gasteiger partial charge in [-0.05, 0) is 51.5 Å². The third-order valence-electron chi connectivity index (χ3n) is 1.68. The van der Waals surface area contributed by atoms with Crippen LogP contribution in [0.25, 0.3) is 0 Å². The summed E-state index contributed by atoms with van der Waals surface area (Å²) in [6.45, 7) is 7.99. The summed E-state index contributed by atoms with van der Waals surface area (Å²) in [6.07, 6.45) is 0. The lowest BCUT2D eigenvalue weighted by Gasteiger charge is -2.22. The monoisotopic (exact) mass is 181 g/mol. The van der Waals surface area contributed by atoms with Crippen LogP contribution in [-0.4, -0.2) is 5.54 Å². The van der Waals surface area contributed by atoms with Crippen LogP contribution in [0.1, 0.15) is 26.3 Å². The zero-order valence-corrected chi connectivity index (χ0v) is 8.61. The van der Waals surface area contributed by atoms with Gasteiger partial charge < -0.3 is 5.32 Å². The topological polar surface area (TPSA) is 12.0 Å². The highest BCUT2D eigenvalue weighted by atomic mass is 19.1.